The van der Waals surface area contributed by atoms with E-state index in [4.69, 9.17) is 11.6 Å². The van der Waals surface area contributed by atoms with E-state index < -0.39 is 0 Å². The van der Waals surface area contributed by atoms with E-state index in [1.807, 2.05) is 18.7 Å². The van der Waals surface area contributed by atoms with E-state index in [0.717, 1.165) is 25.9 Å². The van der Waals surface area contributed by atoms with Crippen LogP contribution in [-0.2, 0) is 11.3 Å². The summed E-state index contributed by atoms with van der Waals surface area (Å²) in [6.45, 7) is 10.5. The summed E-state index contributed by atoms with van der Waals surface area (Å²) in [6.07, 6.45) is 1.98. The molecular weight excluding hydrogens is 394 g/mol. The second kappa shape index (κ2) is 8.87. The number of halogens is 1. The Morgan fingerprint density at radius 3 is 2.64 bits per heavy atom. The molecular formula is C21H28ClN3O2S. The van der Waals surface area contributed by atoms with Crippen LogP contribution in [0.4, 0.5) is 0 Å². The number of benzene rings is 1. The van der Waals surface area contributed by atoms with Gasteiger partial charge in [-0.3, -0.25) is 14.2 Å². The summed E-state index contributed by atoms with van der Waals surface area (Å²) in [5, 5.41) is 1.38. The van der Waals surface area contributed by atoms with Crippen LogP contribution < -0.4 is 5.56 Å². The Bertz CT molecular complexity index is 920. The number of hydrogen-bond acceptors (Lipinski definition) is 4. The molecule has 3 rings (SSSR count). The average molecular weight is 422 g/mol. The molecule has 28 heavy (non-hydrogen) atoms. The first-order chi connectivity index (χ1) is 13.3. The van der Waals surface area contributed by atoms with Crippen molar-refractivity contribution in [2.45, 2.75) is 57.5 Å². The van der Waals surface area contributed by atoms with Crippen molar-refractivity contribution in [3.8, 4) is 0 Å². The minimum atomic E-state index is -0.302. The van der Waals surface area contributed by atoms with Crippen LogP contribution in [0.15, 0.2) is 28.2 Å². The third kappa shape index (κ3) is 4.54. The quantitative estimate of drug-likeness (QED) is 0.528. The summed E-state index contributed by atoms with van der Waals surface area (Å²) < 4.78 is 1.69. The minimum Gasteiger partial charge on any atom is -0.341 e. The highest BCUT2D eigenvalue weighted by molar-refractivity contribution is 8.00. The number of aromatic nitrogens is 2. The molecule has 1 aromatic carbocycles. The van der Waals surface area contributed by atoms with Crippen LogP contribution in [0.25, 0.3) is 10.9 Å². The fourth-order valence-corrected chi connectivity index (χ4v) is 5.18. The van der Waals surface area contributed by atoms with Crippen LogP contribution in [0.2, 0.25) is 5.02 Å². The molecule has 0 saturated carbocycles. The highest BCUT2D eigenvalue weighted by Gasteiger charge is 2.29. The van der Waals surface area contributed by atoms with Gasteiger partial charge in [-0.05, 0) is 49.8 Å². The summed E-state index contributed by atoms with van der Waals surface area (Å²) >= 11 is 7.46. The molecule has 0 aliphatic carbocycles. The highest BCUT2D eigenvalue weighted by atomic mass is 35.5. The van der Waals surface area contributed by atoms with Crippen molar-refractivity contribution in [1.82, 2.24) is 14.5 Å². The molecule has 0 N–H and O–H groups in total. The molecule has 1 aromatic heterocycles. The van der Waals surface area contributed by atoms with Crippen molar-refractivity contribution >= 4 is 40.2 Å². The Hall–Kier alpha value is -1.53. The number of carbonyl (C=O) groups excluding carboxylic acids is 1. The lowest BCUT2D eigenvalue weighted by atomic mass is 9.92. The van der Waals surface area contributed by atoms with E-state index in [0.29, 0.717) is 39.5 Å². The fraction of sp³-hybridized carbons (Fsp3) is 0.571. The average Bonchev–Trinajstić information content (AvgIpc) is 2.63. The molecule has 7 heteroatoms. The zero-order valence-corrected chi connectivity index (χ0v) is 18.5. The summed E-state index contributed by atoms with van der Waals surface area (Å²) in [5.41, 5.74) is 0.498. The SMILES string of the molecule is CCCn1c(S[C@H](C)C(=O)N2C[C@@H](C)C[C@H](C)C2)nc2cc(Cl)ccc2c1=O. The van der Waals surface area contributed by atoms with Crippen LogP contribution in [0.3, 0.4) is 0 Å². The molecule has 0 unspecified atom stereocenters. The molecule has 2 aromatic rings. The van der Waals surface area contributed by atoms with Gasteiger partial charge in [-0.2, -0.15) is 0 Å². The van der Waals surface area contributed by atoms with Gasteiger partial charge in [0.1, 0.15) is 0 Å². The van der Waals surface area contributed by atoms with E-state index >= 15 is 0 Å². The first-order valence-corrected chi connectivity index (χ1v) is 11.2. The first kappa shape index (κ1) is 21.2. The van der Waals surface area contributed by atoms with Gasteiger partial charge in [-0.15, -0.1) is 0 Å². The largest absolute Gasteiger partial charge is 0.341 e. The number of carbonyl (C=O) groups is 1. The van der Waals surface area contributed by atoms with Crippen LogP contribution in [-0.4, -0.2) is 38.7 Å². The predicted molar refractivity (Wildman–Crippen MR) is 116 cm³/mol. The van der Waals surface area contributed by atoms with E-state index in [-0.39, 0.29) is 16.7 Å². The Morgan fingerprint density at radius 2 is 2.00 bits per heavy atom. The minimum absolute atomic E-state index is 0.0779. The van der Waals surface area contributed by atoms with Crippen LogP contribution >= 0.6 is 23.4 Å². The van der Waals surface area contributed by atoms with Gasteiger partial charge in [0.15, 0.2) is 5.16 Å². The predicted octanol–water partition coefficient (Wildman–Crippen LogP) is 4.45. The van der Waals surface area contributed by atoms with Crippen molar-refractivity contribution < 1.29 is 4.79 Å². The van der Waals surface area contributed by atoms with E-state index in [2.05, 4.69) is 18.8 Å². The molecule has 1 aliphatic heterocycles. The normalized spacial score (nSPS) is 21.1. The van der Waals surface area contributed by atoms with Gasteiger partial charge in [0.2, 0.25) is 5.91 Å². The smallest absolute Gasteiger partial charge is 0.262 e. The molecule has 0 bridgehead atoms. The molecule has 1 saturated heterocycles. The standard InChI is InChI=1S/C21H28ClN3O2S/c1-5-8-25-20(27)17-7-6-16(22)10-18(17)23-21(25)28-15(4)19(26)24-11-13(2)9-14(3)12-24/h6-7,10,13-15H,5,8-9,11-12H2,1-4H3/t13-,14-,15+/m0/s1. The lowest BCUT2D eigenvalue weighted by Crippen LogP contribution is -2.45. The lowest BCUT2D eigenvalue weighted by Gasteiger charge is -2.36. The lowest BCUT2D eigenvalue weighted by molar-refractivity contribution is -0.132. The molecule has 152 valence electrons. The first-order valence-electron chi connectivity index (χ1n) is 9.95. The Kier molecular flexibility index (Phi) is 6.71. The van der Waals surface area contributed by atoms with Gasteiger partial charge in [0, 0.05) is 24.7 Å². The molecule has 1 aliphatic rings. The summed E-state index contributed by atoms with van der Waals surface area (Å²) in [5.74, 6) is 1.15. The van der Waals surface area contributed by atoms with Crippen molar-refractivity contribution in [2.24, 2.45) is 11.8 Å². The Labute approximate surface area is 175 Å². The maximum absolute atomic E-state index is 13.0. The second-order valence-electron chi connectivity index (χ2n) is 7.96. The third-order valence-electron chi connectivity index (χ3n) is 5.14. The second-order valence-corrected chi connectivity index (χ2v) is 9.71. The zero-order valence-electron chi connectivity index (χ0n) is 16.9. The molecule has 0 radical (unpaired) electrons. The van der Waals surface area contributed by atoms with Crippen LogP contribution in [0.5, 0.6) is 0 Å². The number of fused-ring (bicyclic) bond motifs is 1. The monoisotopic (exact) mass is 421 g/mol. The third-order valence-corrected chi connectivity index (χ3v) is 6.45. The number of rotatable bonds is 5. The molecule has 3 atom stereocenters. The molecule has 5 nitrogen and oxygen atoms in total. The molecule has 0 spiro atoms. The van der Waals surface area contributed by atoms with Crippen molar-refractivity contribution in [3.05, 3.63) is 33.6 Å². The van der Waals surface area contributed by atoms with Crippen molar-refractivity contribution in [1.29, 1.82) is 0 Å². The summed E-state index contributed by atoms with van der Waals surface area (Å²) in [6, 6.07) is 5.14. The van der Waals surface area contributed by atoms with Crippen molar-refractivity contribution in [2.75, 3.05) is 13.1 Å². The molecule has 1 fully saturated rings. The van der Waals surface area contributed by atoms with Gasteiger partial charge in [0.05, 0.1) is 16.2 Å². The van der Waals surface area contributed by atoms with Crippen LogP contribution in [0, 0.1) is 11.8 Å². The number of piperidine rings is 1. The van der Waals surface area contributed by atoms with Gasteiger partial charge in [-0.25, -0.2) is 4.98 Å². The number of nitrogens with zero attached hydrogens (tertiary/aromatic N) is 3. The van der Waals surface area contributed by atoms with Gasteiger partial charge < -0.3 is 4.90 Å². The van der Waals surface area contributed by atoms with E-state index in [1.54, 1.807) is 22.8 Å². The van der Waals surface area contributed by atoms with E-state index in [9.17, 15) is 9.59 Å². The zero-order chi connectivity index (χ0) is 20.4. The fourth-order valence-electron chi connectivity index (χ4n) is 3.99. The maximum atomic E-state index is 13.0. The van der Waals surface area contributed by atoms with Crippen LogP contribution in [0.1, 0.15) is 40.5 Å². The summed E-state index contributed by atoms with van der Waals surface area (Å²) in [7, 11) is 0. The molecule has 2 heterocycles. The van der Waals surface area contributed by atoms with Gasteiger partial charge >= 0.3 is 0 Å². The maximum Gasteiger partial charge on any atom is 0.262 e. The number of hydrogen-bond donors (Lipinski definition) is 0. The molecule has 1 amide bonds. The Balaban J connectivity index is 1.90. The number of amides is 1. The number of likely N-dealkylation sites (tertiary alicyclic amines) is 1. The van der Waals surface area contributed by atoms with Gasteiger partial charge in [0.25, 0.3) is 5.56 Å². The van der Waals surface area contributed by atoms with E-state index in [1.165, 1.54) is 11.8 Å². The topological polar surface area (TPSA) is 55.2 Å². The van der Waals surface area contributed by atoms with Crippen molar-refractivity contribution in [3.63, 3.8) is 0 Å². The number of thioether (sulfide) groups is 1. The summed E-state index contributed by atoms with van der Waals surface area (Å²) in [4.78, 5) is 32.6. The highest BCUT2D eigenvalue weighted by Crippen LogP contribution is 2.28. The van der Waals surface area contributed by atoms with Gasteiger partial charge in [-0.1, -0.05) is 44.1 Å². The Morgan fingerprint density at radius 1 is 1.32 bits per heavy atom.